The van der Waals surface area contributed by atoms with Gasteiger partial charge >= 0.3 is 0 Å². The van der Waals surface area contributed by atoms with Crippen molar-refractivity contribution in [3.05, 3.63) is 95.0 Å². The first-order valence-electron chi connectivity index (χ1n) is 13.1. The Bertz CT molecular complexity index is 1390. The highest BCUT2D eigenvalue weighted by atomic mass is 35.5. The number of anilines is 1. The van der Waals surface area contributed by atoms with E-state index in [0.717, 1.165) is 41.1 Å². The number of benzene rings is 3. The van der Waals surface area contributed by atoms with Gasteiger partial charge in [-0.05, 0) is 62.6 Å². The van der Waals surface area contributed by atoms with Gasteiger partial charge in [-0.3, -0.25) is 13.9 Å². The number of carbonyl (C=O) groups excluding carboxylic acids is 2. The quantitative estimate of drug-likeness (QED) is 0.359. The summed E-state index contributed by atoms with van der Waals surface area (Å²) < 4.78 is 28.7. The Morgan fingerprint density at radius 3 is 2.28 bits per heavy atom. The number of rotatable bonds is 10. The molecule has 1 aliphatic rings. The van der Waals surface area contributed by atoms with Crippen LogP contribution in [0.5, 0.6) is 0 Å². The first kappa shape index (κ1) is 28.6. The molecule has 0 radical (unpaired) electrons. The topological polar surface area (TPSA) is 86.8 Å². The standard InChI is InChI=1S/C30H34ClN3O4S/c1-22-15-17-28(18-16-22)39(37,38)34(27-14-8-11-25(31)19-27)21-29(35)33(20-24-9-4-3-5-10-24)23(2)30(36)32-26-12-6-7-13-26/h3-5,8-11,14-19,23,26H,6-7,12-13,20-21H2,1-2H3,(H,32,36)/t23-/m0/s1. The van der Waals surface area contributed by atoms with Gasteiger partial charge in [-0.15, -0.1) is 0 Å². The van der Waals surface area contributed by atoms with Crippen molar-refractivity contribution in [2.75, 3.05) is 10.8 Å². The van der Waals surface area contributed by atoms with E-state index in [0.29, 0.717) is 5.02 Å². The molecule has 9 heteroatoms. The molecule has 7 nitrogen and oxygen atoms in total. The summed E-state index contributed by atoms with van der Waals surface area (Å²) in [5, 5.41) is 3.41. The van der Waals surface area contributed by atoms with Crippen molar-refractivity contribution in [3.8, 4) is 0 Å². The third-order valence-electron chi connectivity index (χ3n) is 7.05. The average molecular weight is 568 g/mol. The molecule has 3 aromatic rings. The Balaban J connectivity index is 1.67. The third-order valence-corrected chi connectivity index (χ3v) is 9.07. The van der Waals surface area contributed by atoms with E-state index in [1.165, 1.54) is 23.1 Å². The summed E-state index contributed by atoms with van der Waals surface area (Å²) in [6.45, 7) is 3.22. The fourth-order valence-electron chi connectivity index (χ4n) is 4.75. The van der Waals surface area contributed by atoms with Gasteiger partial charge in [0.1, 0.15) is 12.6 Å². The van der Waals surface area contributed by atoms with Gasteiger partial charge in [0.15, 0.2) is 0 Å². The maximum absolute atomic E-state index is 13.9. The molecular formula is C30H34ClN3O4S. The first-order chi connectivity index (χ1) is 18.6. The van der Waals surface area contributed by atoms with E-state index in [4.69, 9.17) is 11.6 Å². The zero-order valence-electron chi connectivity index (χ0n) is 22.2. The molecule has 39 heavy (non-hydrogen) atoms. The minimum absolute atomic E-state index is 0.0579. The van der Waals surface area contributed by atoms with Crippen molar-refractivity contribution in [1.29, 1.82) is 0 Å². The molecule has 0 saturated heterocycles. The molecule has 0 aliphatic heterocycles. The lowest BCUT2D eigenvalue weighted by molar-refractivity contribution is -0.139. The van der Waals surface area contributed by atoms with E-state index in [-0.39, 0.29) is 29.1 Å². The van der Waals surface area contributed by atoms with Crippen LogP contribution in [0.2, 0.25) is 5.02 Å². The number of carbonyl (C=O) groups is 2. The van der Waals surface area contributed by atoms with Crippen LogP contribution in [-0.4, -0.2) is 43.8 Å². The second kappa shape index (κ2) is 12.7. The molecule has 0 aromatic heterocycles. The molecule has 206 valence electrons. The summed E-state index contributed by atoms with van der Waals surface area (Å²) in [6, 6.07) is 21.5. The number of amides is 2. The molecular weight excluding hydrogens is 534 g/mol. The number of hydrogen-bond donors (Lipinski definition) is 1. The van der Waals surface area contributed by atoms with Crippen LogP contribution >= 0.6 is 11.6 Å². The highest BCUT2D eigenvalue weighted by Gasteiger charge is 2.33. The van der Waals surface area contributed by atoms with Crippen LogP contribution in [0.15, 0.2) is 83.8 Å². The Hall–Kier alpha value is -3.36. The summed E-state index contributed by atoms with van der Waals surface area (Å²) in [4.78, 5) is 28.7. The minimum atomic E-state index is -4.13. The Morgan fingerprint density at radius 2 is 1.64 bits per heavy atom. The molecule has 2 amide bonds. The normalized spacial score (nSPS) is 14.5. The second-order valence-electron chi connectivity index (χ2n) is 9.98. The van der Waals surface area contributed by atoms with E-state index in [1.54, 1.807) is 37.3 Å². The maximum Gasteiger partial charge on any atom is 0.264 e. The summed E-state index contributed by atoms with van der Waals surface area (Å²) >= 11 is 6.22. The monoisotopic (exact) mass is 567 g/mol. The Labute approximate surface area is 235 Å². The van der Waals surface area contributed by atoms with Gasteiger partial charge < -0.3 is 10.2 Å². The molecule has 1 N–H and O–H groups in total. The second-order valence-corrected chi connectivity index (χ2v) is 12.3. The van der Waals surface area contributed by atoms with Crippen LogP contribution in [0.1, 0.15) is 43.7 Å². The van der Waals surface area contributed by atoms with Crippen molar-refractivity contribution in [1.82, 2.24) is 10.2 Å². The molecule has 4 rings (SSSR count). The molecule has 0 spiro atoms. The first-order valence-corrected chi connectivity index (χ1v) is 15.0. The van der Waals surface area contributed by atoms with Gasteiger partial charge in [0.2, 0.25) is 11.8 Å². The van der Waals surface area contributed by atoms with E-state index in [2.05, 4.69) is 5.32 Å². The van der Waals surface area contributed by atoms with Crippen molar-refractivity contribution >= 4 is 39.1 Å². The number of sulfonamides is 1. The van der Waals surface area contributed by atoms with Crippen molar-refractivity contribution in [2.24, 2.45) is 0 Å². The smallest absolute Gasteiger partial charge is 0.264 e. The fourth-order valence-corrected chi connectivity index (χ4v) is 6.34. The fraction of sp³-hybridized carbons (Fsp3) is 0.333. The van der Waals surface area contributed by atoms with Gasteiger partial charge in [0.25, 0.3) is 10.0 Å². The lowest BCUT2D eigenvalue weighted by Crippen LogP contribution is -2.52. The minimum Gasteiger partial charge on any atom is -0.352 e. The van der Waals surface area contributed by atoms with Crippen LogP contribution in [-0.2, 0) is 26.2 Å². The zero-order valence-corrected chi connectivity index (χ0v) is 23.8. The van der Waals surface area contributed by atoms with Gasteiger partial charge in [0.05, 0.1) is 10.6 Å². The summed E-state index contributed by atoms with van der Waals surface area (Å²) in [7, 11) is -4.13. The predicted octanol–water partition coefficient (Wildman–Crippen LogP) is 5.32. The number of nitrogens with zero attached hydrogens (tertiary/aromatic N) is 2. The SMILES string of the molecule is Cc1ccc(S(=O)(=O)N(CC(=O)N(Cc2ccccc2)[C@@H](C)C(=O)NC2CCCC2)c2cccc(Cl)c2)cc1. The van der Waals surface area contributed by atoms with Crippen LogP contribution in [0, 0.1) is 6.92 Å². The molecule has 0 heterocycles. The van der Waals surface area contributed by atoms with Crippen LogP contribution in [0.4, 0.5) is 5.69 Å². The van der Waals surface area contributed by atoms with Crippen LogP contribution < -0.4 is 9.62 Å². The van der Waals surface area contributed by atoms with Crippen molar-refractivity contribution < 1.29 is 18.0 Å². The lowest BCUT2D eigenvalue weighted by Gasteiger charge is -2.32. The average Bonchev–Trinajstić information content (AvgIpc) is 3.43. The summed E-state index contributed by atoms with van der Waals surface area (Å²) in [5.74, 6) is -0.745. The van der Waals surface area contributed by atoms with Gasteiger partial charge in [-0.1, -0.05) is 78.5 Å². The molecule has 0 unspecified atom stereocenters. The van der Waals surface area contributed by atoms with E-state index >= 15 is 0 Å². The molecule has 1 fully saturated rings. The van der Waals surface area contributed by atoms with E-state index in [1.807, 2.05) is 37.3 Å². The molecule has 3 aromatic carbocycles. The number of halogens is 1. The van der Waals surface area contributed by atoms with Crippen LogP contribution in [0.3, 0.4) is 0 Å². The highest BCUT2D eigenvalue weighted by Crippen LogP contribution is 2.27. The third kappa shape index (κ3) is 7.19. The molecule has 1 saturated carbocycles. The highest BCUT2D eigenvalue weighted by molar-refractivity contribution is 7.92. The predicted molar refractivity (Wildman–Crippen MR) is 154 cm³/mol. The Morgan fingerprint density at radius 1 is 0.974 bits per heavy atom. The van der Waals surface area contributed by atoms with Gasteiger partial charge in [0, 0.05) is 17.6 Å². The Kier molecular flexibility index (Phi) is 9.30. The molecule has 1 atom stereocenters. The zero-order chi connectivity index (χ0) is 28.0. The number of hydrogen-bond acceptors (Lipinski definition) is 4. The lowest BCUT2D eigenvalue weighted by atomic mass is 10.1. The van der Waals surface area contributed by atoms with E-state index in [9.17, 15) is 18.0 Å². The molecule has 0 bridgehead atoms. The summed E-state index contributed by atoms with van der Waals surface area (Å²) in [5.41, 5.74) is 2.01. The van der Waals surface area contributed by atoms with E-state index < -0.39 is 28.5 Å². The van der Waals surface area contributed by atoms with Gasteiger partial charge in [-0.25, -0.2) is 8.42 Å². The van der Waals surface area contributed by atoms with Crippen molar-refractivity contribution in [3.63, 3.8) is 0 Å². The largest absolute Gasteiger partial charge is 0.352 e. The summed E-state index contributed by atoms with van der Waals surface area (Å²) in [6.07, 6.45) is 3.97. The number of aryl methyl sites for hydroxylation is 1. The molecule has 1 aliphatic carbocycles. The van der Waals surface area contributed by atoms with Gasteiger partial charge in [-0.2, -0.15) is 0 Å². The van der Waals surface area contributed by atoms with Crippen molar-refractivity contribution in [2.45, 2.75) is 63.1 Å². The number of nitrogens with one attached hydrogen (secondary N) is 1. The maximum atomic E-state index is 13.9. The van der Waals surface area contributed by atoms with Crippen LogP contribution in [0.25, 0.3) is 0 Å².